The second-order valence-electron chi connectivity index (χ2n) is 7.10. The van der Waals surface area contributed by atoms with E-state index in [1.54, 1.807) is 48.7 Å². The van der Waals surface area contributed by atoms with E-state index in [1.165, 1.54) is 0 Å². The lowest BCUT2D eigenvalue weighted by Crippen LogP contribution is -2.26. The lowest BCUT2D eigenvalue weighted by Gasteiger charge is -2.20. The monoisotopic (exact) mass is 413 g/mol. The molecular formula is C23H19N5O3. The highest BCUT2D eigenvalue weighted by molar-refractivity contribution is 6.45. The van der Waals surface area contributed by atoms with Gasteiger partial charge in [0, 0.05) is 12.3 Å². The second-order valence-corrected chi connectivity index (χ2v) is 7.10. The Kier molecular flexibility index (Phi) is 5.61. The summed E-state index contributed by atoms with van der Waals surface area (Å²) in [5, 5.41) is 22.4. The van der Waals surface area contributed by atoms with E-state index in [1.807, 2.05) is 24.3 Å². The van der Waals surface area contributed by atoms with Gasteiger partial charge in [0.05, 0.1) is 17.7 Å². The molecule has 0 bridgehead atoms. The van der Waals surface area contributed by atoms with Crippen molar-refractivity contribution in [1.29, 1.82) is 10.8 Å². The van der Waals surface area contributed by atoms with E-state index in [4.69, 9.17) is 15.6 Å². The molecule has 0 saturated carbocycles. The lowest BCUT2D eigenvalue weighted by molar-refractivity contribution is -0.114. The van der Waals surface area contributed by atoms with Crippen LogP contribution in [0.4, 0.5) is 5.69 Å². The molecule has 8 nitrogen and oxygen atoms in total. The van der Waals surface area contributed by atoms with Gasteiger partial charge in [-0.1, -0.05) is 48.5 Å². The van der Waals surface area contributed by atoms with Gasteiger partial charge in [0.2, 0.25) is 5.88 Å². The molecule has 1 amide bonds. The maximum absolute atomic E-state index is 12.2. The molecule has 2 aromatic carbocycles. The first kappa shape index (κ1) is 20.1. The largest absolute Gasteiger partial charge is 0.473 e. The molecule has 3 N–H and O–H groups in total. The molecule has 8 heteroatoms. The van der Waals surface area contributed by atoms with Crippen molar-refractivity contribution in [3.8, 4) is 5.88 Å². The van der Waals surface area contributed by atoms with Gasteiger partial charge < -0.3 is 15.5 Å². The Morgan fingerprint density at radius 2 is 1.90 bits per heavy atom. The van der Waals surface area contributed by atoms with Crippen LogP contribution in [-0.2, 0) is 11.4 Å². The van der Waals surface area contributed by atoms with Gasteiger partial charge in [-0.25, -0.2) is 4.98 Å². The summed E-state index contributed by atoms with van der Waals surface area (Å²) in [6.45, 7) is 0.224. The molecule has 4 rings (SSSR count). The molecule has 3 aromatic rings. The maximum atomic E-state index is 12.2. The summed E-state index contributed by atoms with van der Waals surface area (Å²) >= 11 is 0. The van der Waals surface area contributed by atoms with Crippen molar-refractivity contribution in [2.45, 2.75) is 12.6 Å². The molecule has 154 valence electrons. The Morgan fingerprint density at radius 3 is 2.61 bits per heavy atom. The third-order valence-corrected chi connectivity index (χ3v) is 5.09. The van der Waals surface area contributed by atoms with Crippen LogP contribution >= 0.6 is 0 Å². The molecule has 1 aliphatic rings. The highest BCUT2D eigenvalue weighted by Gasteiger charge is 2.41. The number of carbonyl (C=O) groups is 1. The average Bonchev–Trinajstić information content (AvgIpc) is 3.12. The van der Waals surface area contributed by atoms with Gasteiger partial charge in [0.1, 0.15) is 18.0 Å². The Labute approximate surface area is 178 Å². The third kappa shape index (κ3) is 4.23. The number of carbonyl (C=O) groups excluding carboxylic acids is 1. The number of hydrogen-bond acceptors (Lipinski definition) is 7. The number of aromatic nitrogens is 1. The zero-order valence-corrected chi connectivity index (χ0v) is 16.4. The quantitative estimate of drug-likeness (QED) is 0.400. The first-order chi connectivity index (χ1) is 15.1. The first-order valence-electron chi connectivity index (χ1n) is 9.61. The molecule has 2 heterocycles. The van der Waals surface area contributed by atoms with Gasteiger partial charge in [0.15, 0.2) is 0 Å². The fraction of sp³-hybridized carbons (Fsp3) is 0.130. The lowest BCUT2D eigenvalue weighted by atomic mass is 9.86. The molecule has 1 fully saturated rings. The number of benzene rings is 2. The number of nitrogens with zero attached hydrogens (tertiary/aromatic N) is 2. The molecule has 1 saturated heterocycles. The first-order valence-corrected chi connectivity index (χ1v) is 9.61. The van der Waals surface area contributed by atoms with Crippen LogP contribution in [0.3, 0.4) is 0 Å². The number of nitrogens with one attached hydrogen (secondary N) is 3. The predicted molar refractivity (Wildman–Crippen MR) is 116 cm³/mol. The molecule has 31 heavy (non-hydrogen) atoms. The minimum absolute atomic E-state index is 0.136. The fourth-order valence-electron chi connectivity index (χ4n) is 3.52. The van der Waals surface area contributed by atoms with E-state index < -0.39 is 17.9 Å². The van der Waals surface area contributed by atoms with E-state index >= 15 is 0 Å². The van der Waals surface area contributed by atoms with Crippen molar-refractivity contribution in [3.63, 3.8) is 0 Å². The number of hydrogen-bond donors (Lipinski definition) is 3. The summed E-state index contributed by atoms with van der Waals surface area (Å²) in [4.78, 5) is 27.1. The zero-order chi connectivity index (χ0) is 21.8. The van der Waals surface area contributed by atoms with E-state index in [0.29, 0.717) is 22.7 Å². The molecule has 0 spiro atoms. The van der Waals surface area contributed by atoms with Crippen molar-refractivity contribution in [2.24, 2.45) is 11.1 Å². The second kappa shape index (κ2) is 8.66. The Morgan fingerprint density at radius 1 is 1.10 bits per heavy atom. The van der Waals surface area contributed by atoms with Crippen LogP contribution in [0.25, 0.3) is 0 Å². The molecule has 0 aliphatic carbocycles. The highest BCUT2D eigenvalue weighted by atomic mass is 16.5. The number of amides is 1. The number of rotatable bonds is 7. The van der Waals surface area contributed by atoms with Crippen LogP contribution in [-0.4, -0.2) is 22.3 Å². The van der Waals surface area contributed by atoms with Gasteiger partial charge >= 0.3 is 0 Å². The molecule has 1 aliphatic heterocycles. The predicted octanol–water partition coefficient (Wildman–Crippen LogP) is 3.93. The van der Waals surface area contributed by atoms with E-state index in [-0.39, 0.29) is 18.0 Å². The minimum Gasteiger partial charge on any atom is -0.473 e. The van der Waals surface area contributed by atoms with Crippen LogP contribution in [0.5, 0.6) is 5.88 Å². The third-order valence-electron chi connectivity index (χ3n) is 5.09. The summed E-state index contributed by atoms with van der Waals surface area (Å²) in [5.41, 5.74) is 2.53. The van der Waals surface area contributed by atoms with Crippen molar-refractivity contribution in [2.75, 3.05) is 0 Å². The molecule has 0 radical (unpaired) electrons. The van der Waals surface area contributed by atoms with Crippen LogP contribution in [0, 0.1) is 21.6 Å². The number of ether oxygens (including phenoxy) is 1. The Balaban J connectivity index is 1.50. The van der Waals surface area contributed by atoms with Gasteiger partial charge in [-0.2, -0.15) is 0 Å². The summed E-state index contributed by atoms with van der Waals surface area (Å²) < 4.78 is 5.67. The standard InChI is InChI=1S/C23H19N5O3/c24-20(15-6-2-1-3-7-15)19-21(25)23(29)27-22(19)16-9-10-18(26-12-16)31-13-14-5-4-8-17(11-14)28-30/h1-12,19,22,24-25H,13H2,(H,27,29). The number of nitroso groups, excluding NO2 is 1. The maximum Gasteiger partial charge on any atom is 0.266 e. The summed E-state index contributed by atoms with van der Waals surface area (Å²) in [6.07, 6.45) is 1.58. The molecule has 2 unspecified atom stereocenters. The highest BCUT2D eigenvalue weighted by Crippen LogP contribution is 2.31. The van der Waals surface area contributed by atoms with Crippen LogP contribution in [0.2, 0.25) is 0 Å². The topological polar surface area (TPSA) is 128 Å². The van der Waals surface area contributed by atoms with Crippen molar-refractivity contribution >= 4 is 23.0 Å². The van der Waals surface area contributed by atoms with Gasteiger partial charge in [-0.3, -0.25) is 10.2 Å². The van der Waals surface area contributed by atoms with Gasteiger partial charge in [-0.15, -0.1) is 4.91 Å². The SMILES string of the molecule is N=C1C(=O)NC(c2ccc(OCc3cccc(N=O)c3)nc2)C1C(=N)c1ccccc1. The van der Waals surface area contributed by atoms with Crippen LogP contribution in [0.15, 0.2) is 78.1 Å². The normalized spacial score (nSPS) is 17.8. The van der Waals surface area contributed by atoms with Gasteiger partial charge in [-0.05, 0) is 34.0 Å². The summed E-state index contributed by atoms with van der Waals surface area (Å²) in [7, 11) is 0. The minimum atomic E-state index is -0.706. The van der Waals surface area contributed by atoms with Crippen LogP contribution in [0.1, 0.15) is 22.7 Å². The average molecular weight is 413 g/mol. The smallest absolute Gasteiger partial charge is 0.266 e. The zero-order valence-electron chi connectivity index (χ0n) is 16.4. The molecule has 1 aromatic heterocycles. The van der Waals surface area contributed by atoms with Crippen molar-refractivity contribution < 1.29 is 9.53 Å². The summed E-state index contributed by atoms with van der Waals surface area (Å²) in [5.74, 6) is -0.816. The van der Waals surface area contributed by atoms with E-state index in [9.17, 15) is 9.70 Å². The van der Waals surface area contributed by atoms with Crippen LogP contribution < -0.4 is 10.1 Å². The van der Waals surface area contributed by atoms with Crippen molar-refractivity contribution in [1.82, 2.24) is 10.3 Å². The van der Waals surface area contributed by atoms with Crippen molar-refractivity contribution in [3.05, 3.63) is 94.5 Å². The number of pyridine rings is 1. The molecular weight excluding hydrogens is 394 g/mol. The Bertz CT molecular complexity index is 1150. The fourth-order valence-corrected chi connectivity index (χ4v) is 3.52. The van der Waals surface area contributed by atoms with E-state index in [0.717, 1.165) is 5.56 Å². The molecule has 2 atom stereocenters. The Hall–Kier alpha value is -4.20. The van der Waals surface area contributed by atoms with Gasteiger partial charge in [0.25, 0.3) is 5.91 Å². The summed E-state index contributed by atoms with van der Waals surface area (Å²) in [6, 6.07) is 18.8. The van der Waals surface area contributed by atoms with E-state index in [2.05, 4.69) is 15.5 Å².